The fourth-order valence-electron chi connectivity index (χ4n) is 8.93. The first-order chi connectivity index (χ1) is 33.5. The number of aromatic nitrogens is 8. The van der Waals surface area contributed by atoms with E-state index in [1.807, 2.05) is 115 Å². The largest absolute Gasteiger partial charge is 0.457 e. The fourth-order valence-corrected chi connectivity index (χ4v) is 9.34. The molecule has 2 aliphatic rings. The second-order valence-corrected chi connectivity index (χ2v) is 17.4. The van der Waals surface area contributed by atoms with Crippen molar-refractivity contribution in [3.63, 3.8) is 0 Å². The van der Waals surface area contributed by atoms with Crippen molar-refractivity contribution < 1.29 is 9.53 Å². The third kappa shape index (κ3) is 8.60. The number of rotatable bonds is 14. The van der Waals surface area contributed by atoms with Crippen LogP contribution in [-0.2, 0) is 17.6 Å². The van der Waals surface area contributed by atoms with Gasteiger partial charge >= 0.3 is 0 Å². The molecular weight excluding hydrogens is 892 g/mol. The first kappa shape index (κ1) is 42.9. The zero-order valence-electron chi connectivity index (χ0n) is 36.8. The number of hydrogen-bond donors (Lipinski definition) is 3. The molecule has 0 fully saturated rings. The topological polar surface area (TPSA) is 150 Å². The minimum atomic E-state index is 0.0450. The first-order valence-electron chi connectivity index (χ1n) is 22.7. The highest BCUT2D eigenvalue weighted by Gasteiger charge is 2.23. The number of fused-ring (bicyclic) bond motifs is 20. The highest BCUT2D eigenvalue weighted by Crippen LogP contribution is 2.39. The lowest BCUT2D eigenvalue weighted by Gasteiger charge is -2.23. The van der Waals surface area contributed by atoms with E-state index in [0.717, 1.165) is 81.0 Å². The number of nitrogens with one attached hydrogen (secondary N) is 3. The van der Waals surface area contributed by atoms with Crippen LogP contribution in [0, 0.1) is 0 Å². The summed E-state index contributed by atoms with van der Waals surface area (Å²) in [5.74, 6) is 4.49. The summed E-state index contributed by atoms with van der Waals surface area (Å²) in [5, 5.41) is 6.46. The molecule has 8 bridgehead atoms. The Morgan fingerprint density at radius 1 is 0.529 bits per heavy atom. The molecule has 0 aliphatic carbocycles. The van der Waals surface area contributed by atoms with Crippen molar-refractivity contribution in [2.24, 2.45) is 0 Å². The quantitative estimate of drug-likeness (QED) is 0.0905. The lowest BCUT2D eigenvalue weighted by Crippen LogP contribution is -2.27. The summed E-state index contributed by atoms with van der Waals surface area (Å²) >= 11 is 12.0. The van der Waals surface area contributed by atoms with Gasteiger partial charge in [0, 0.05) is 81.9 Å². The Morgan fingerprint density at radius 3 is 1.59 bits per heavy atom. The number of nitrogens with zero attached hydrogens (tertiary/aromatic N) is 7. The van der Waals surface area contributed by atoms with Gasteiger partial charge in [0.2, 0.25) is 5.91 Å². The number of carbonyl (C=O) groups excluding carboxylic acids is 1. The lowest BCUT2D eigenvalue weighted by molar-refractivity contribution is -0.121. The van der Waals surface area contributed by atoms with Crippen LogP contribution < -0.4 is 15.0 Å². The third-order valence-electron chi connectivity index (χ3n) is 12.3. The number of aryl methyl sites for hydroxylation is 1. The molecular formula is C54H44Cl2N10O2. The average Bonchev–Trinajstić information content (AvgIpc) is 4.11. The molecule has 11 rings (SSSR count). The van der Waals surface area contributed by atoms with Crippen LogP contribution in [0.5, 0.6) is 11.5 Å². The summed E-state index contributed by atoms with van der Waals surface area (Å²) in [5.41, 5.74) is 9.22. The van der Waals surface area contributed by atoms with Gasteiger partial charge in [-0.1, -0.05) is 109 Å². The molecule has 12 nitrogen and oxygen atoms in total. The van der Waals surface area contributed by atoms with Gasteiger partial charge in [0.25, 0.3) is 0 Å². The molecule has 3 N–H and O–H groups in total. The van der Waals surface area contributed by atoms with Gasteiger partial charge < -0.3 is 24.9 Å². The molecule has 0 saturated carbocycles. The summed E-state index contributed by atoms with van der Waals surface area (Å²) in [6.45, 7) is 2.03. The molecule has 0 radical (unpaired) electrons. The molecule has 0 atom stereocenters. The minimum absolute atomic E-state index is 0.0450. The lowest BCUT2D eigenvalue weighted by atomic mass is 10.1. The molecule has 1 amide bonds. The van der Waals surface area contributed by atoms with Crippen molar-refractivity contribution in [2.75, 3.05) is 36.3 Å². The van der Waals surface area contributed by atoms with Crippen LogP contribution in [0.1, 0.15) is 24.0 Å². The number of carbonyl (C=O) groups is 1. The van der Waals surface area contributed by atoms with Crippen molar-refractivity contribution in [3.8, 4) is 57.1 Å². The number of benzene rings is 6. The molecule has 336 valence electrons. The Bertz CT molecular complexity index is 3510. The molecule has 2 aliphatic heterocycles. The summed E-state index contributed by atoms with van der Waals surface area (Å²) in [6, 6.07) is 46.3. The van der Waals surface area contributed by atoms with Crippen molar-refractivity contribution in [1.29, 1.82) is 0 Å². The number of aromatic amines is 2. The second-order valence-electron chi connectivity index (χ2n) is 16.7. The summed E-state index contributed by atoms with van der Waals surface area (Å²) < 4.78 is 6.66. The van der Waals surface area contributed by atoms with Gasteiger partial charge in [0.15, 0.2) is 23.3 Å². The van der Waals surface area contributed by atoms with E-state index in [4.69, 9.17) is 57.8 Å². The number of alkyl halides is 2. The first-order valence-corrected chi connectivity index (χ1v) is 23.8. The molecule has 5 heterocycles. The van der Waals surface area contributed by atoms with Crippen molar-refractivity contribution in [2.45, 2.75) is 25.7 Å². The summed E-state index contributed by atoms with van der Waals surface area (Å²) in [6.07, 6.45) is 2.74. The molecule has 68 heavy (non-hydrogen) atoms. The van der Waals surface area contributed by atoms with Crippen LogP contribution in [0.3, 0.4) is 0 Å². The van der Waals surface area contributed by atoms with Gasteiger partial charge in [0.1, 0.15) is 34.1 Å². The third-order valence-corrected chi connectivity index (χ3v) is 12.6. The van der Waals surface area contributed by atoms with Gasteiger partial charge in [-0.3, -0.25) is 4.79 Å². The average molecular weight is 936 g/mol. The van der Waals surface area contributed by atoms with Crippen LogP contribution in [-0.4, -0.2) is 77.2 Å². The second kappa shape index (κ2) is 18.9. The van der Waals surface area contributed by atoms with E-state index in [1.165, 1.54) is 5.56 Å². The van der Waals surface area contributed by atoms with E-state index >= 15 is 0 Å². The number of H-pyrrole nitrogens is 2. The Balaban J connectivity index is 0.869. The monoisotopic (exact) mass is 934 g/mol. The van der Waals surface area contributed by atoms with E-state index in [-0.39, 0.29) is 5.91 Å². The van der Waals surface area contributed by atoms with E-state index < -0.39 is 0 Å². The predicted octanol–water partition coefficient (Wildman–Crippen LogP) is 11.6. The number of anilines is 1. The molecule has 14 heteroatoms. The Labute approximate surface area is 401 Å². The molecule has 6 aromatic carbocycles. The van der Waals surface area contributed by atoms with Crippen LogP contribution in [0.2, 0.25) is 0 Å². The maximum absolute atomic E-state index is 12.8. The van der Waals surface area contributed by atoms with Gasteiger partial charge in [0.05, 0.1) is 5.39 Å². The summed E-state index contributed by atoms with van der Waals surface area (Å²) in [7, 11) is 0. The SMILES string of the molecule is O=C(CCCc1ccc(N(CCCl)CCCl)cc1)NCCc1ccc(Oc2cccc3c4nc5nc(nc6[nH]c(nc7nc(nc([nH]4)c23)-c2ccccc2-7)c2ccccc62)-c2ccccc2-5)cc1. The summed E-state index contributed by atoms with van der Waals surface area (Å²) in [4.78, 5) is 52.6. The number of hydrogen-bond acceptors (Lipinski definition) is 9. The maximum Gasteiger partial charge on any atom is 0.220 e. The Hall–Kier alpha value is -7.67. The standard InChI is InChI=1S/C54H44Cl2N10O2/c55-28-31-66(32-29-56)35-23-19-33(20-24-35)9-7-18-45(67)57-30-27-34-21-25-36(26-22-34)68-44-17-8-16-43-46(44)54-64-52-42-15-6-5-14-41(42)50(62-52)60-48-38-11-2-1-10-37(38)47(58-48)59-49-39-12-3-4-13-40(39)51(61-49)63-53(43)65-54/h1-6,8,10-17,19-26H,7,9,18,27-32H2,(H,57,67)(H2,58,59,60,61,62,63,64,65). The van der Waals surface area contributed by atoms with Gasteiger partial charge in [-0.25, -0.2) is 29.9 Å². The number of ether oxygens (including phenoxy) is 1. The van der Waals surface area contributed by atoms with Gasteiger partial charge in [-0.05, 0) is 60.7 Å². The zero-order valence-corrected chi connectivity index (χ0v) is 38.4. The van der Waals surface area contributed by atoms with E-state index in [0.29, 0.717) is 88.5 Å². The van der Waals surface area contributed by atoms with Crippen LogP contribution in [0.15, 0.2) is 140 Å². The zero-order chi connectivity index (χ0) is 46.0. The number of halogens is 2. The van der Waals surface area contributed by atoms with Gasteiger partial charge in [-0.15, -0.1) is 23.2 Å². The van der Waals surface area contributed by atoms with Crippen LogP contribution >= 0.6 is 23.2 Å². The minimum Gasteiger partial charge on any atom is -0.457 e. The van der Waals surface area contributed by atoms with E-state index in [9.17, 15) is 4.79 Å². The van der Waals surface area contributed by atoms with Crippen LogP contribution in [0.4, 0.5) is 5.69 Å². The van der Waals surface area contributed by atoms with Crippen molar-refractivity contribution in [3.05, 3.63) is 151 Å². The molecule has 9 aromatic rings. The van der Waals surface area contributed by atoms with Crippen LogP contribution in [0.25, 0.3) is 89.7 Å². The van der Waals surface area contributed by atoms with E-state index in [1.54, 1.807) is 0 Å². The molecule has 0 unspecified atom stereocenters. The van der Waals surface area contributed by atoms with E-state index in [2.05, 4.69) is 44.5 Å². The Kier molecular flexibility index (Phi) is 11.9. The van der Waals surface area contributed by atoms with Gasteiger partial charge in [-0.2, -0.15) is 0 Å². The number of amides is 1. The molecule has 0 saturated heterocycles. The highest BCUT2D eigenvalue weighted by atomic mass is 35.5. The fraction of sp³-hybridized carbons (Fsp3) is 0.167. The molecule has 3 aromatic heterocycles. The van der Waals surface area contributed by atoms with Crippen molar-refractivity contribution in [1.82, 2.24) is 45.2 Å². The normalized spacial score (nSPS) is 11.7. The van der Waals surface area contributed by atoms with Crippen molar-refractivity contribution >= 4 is 78.9 Å². The smallest absolute Gasteiger partial charge is 0.220 e. The predicted molar refractivity (Wildman–Crippen MR) is 272 cm³/mol. The Morgan fingerprint density at radius 2 is 1.01 bits per heavy atom. The maximum atomic E-state index is 12.8. The highest BCUT2D eigenvalue weighted by molar-refractivity contribution is 6.18. The molecule has 0 spiro atoms.